The maximum Gasteiger partial charge on any atom is 0.305 e. The Labute approximate surface area is 442 Å². The lowest BCUT2D eigenvalue weighted by Crippen LogP contribution is -2.45. The average molecular weight is 997 g/mol. The first-order valence-electron chi connectivity index (χ1n) is 31.4. The van der Waals surface area contributed by atoms with Crippen LogP contribution in [0, 0.1) is 0 Å². The number of carbonyl (C=O) groups excluding carboxylic acids is 2. The highest BCUT2D eigenvalue weighted by molar-refractivity contribution is 5.76. The summed E-state index contributed by atoms with van der Waals surface area (Å²) >= 11 is 0. The predicted octanol–water partition coefficient (Wildman–Crippen LogP) is 19.7. The van der Waals surface area contributed by atoms with Crippen LogP contribution in [0.1, 0.15) is 328 Å². The molecule has 0 aliphatic carbocycles. The second-order valence-electron chi connectivity index (χ2n) is 21.4. The lowest BCUT2D eigenvalue weighted by molar-refractivity contribution is -0.143. The van der Waals surface area contributed by atoms with Crippen LogP contribution in [-0.2, 0) is 14.3 Å². The number of ether oxygens (including phenoxy) is 1. The van der Waals surface area contributed by atoms with Gasteiger partial charge in [0.2, 0.25) is 5.91 Å². The van der Waals surface area contributed by atoms with Crippen molar-refractivity contribution in [3.8, 4) is 0 Å². The smallest absolute Gasteiger partial charge is 0.305 e. The molecule has 0 saturated heterocycles. The topological polar surface area (TPSA) is 95.9 Å². The second kappa shape index (κ2) is 60.4. The van der Waals surface area contributed by atoms with Crippen LogP contribution in [0.3, 0.4) is 0 Å². The zero-order valence-corrected chi connectivity index (χ0v) is 47.5. The summed E-state index contributed by atoms with van der Waals surface area (Å²) < 4.78 is 5.47. The molecule has 2 unspecified atom stereocenters. The van der Waals surface area contributed by atoms with Crippen molar-refractivity contribution in [2.24, 2.45) is 0 Å². The van der Waals surface area contributed by atoms with Crippen LogP contribution in [0.2, 0.25) is 0 Å². The molecule has 71 heavy (non-hydrogen) atoms. The minimum Gasteiger partial charge on any atom is -0.466 e. The molecule has 0 spiro atoms. The van der Waals surface area contributed by atoms with Crippen LogP contribution in [0.5, 0.6) is 0 Å². The number of allylic oxidation sites excluding steroid dienone is 7. The van der Waals surface area contributed by atoms with Crippen molar-refractivity contribution in [2.45, 2.75) is 341 Å². The quantitative estimate of drug-likeness (QED) is 0.0321. The fraction of sp³-hybridized carbons (Fsp3) is 0.846. The first-order valence-corrected chi connectivity index (χ1v) is 31.4. The molecule has 3 N–H and O–H groups in total. The molecule has 416 valence electrons. The van der Waals surface area contributed by atoms with Gasteiger partial charge in [0, 0.05) is 12.8 Å². The number of esters is 1. The fourth-order valence-corrected chi connectivity index (χ4v) is 9.48. The molecular formula is C65H121NO5. The summed E-state index contributed by atoms with van der Waals surface area (Å²) in [4.78, 5) is 24.5. The van der Waals surface area contributed by atoms with Gasteiger partial charge in [-0.15, -0.1) is 0 Å². The number of aliphatic hydroxyl groups excluding tert-OH is 2. The zero-order valence-electron chi connectivity index (χ0n) is 47.5. The minimum atomic E-state index is -0.850. The Morgan fingerprint density at radius 2 is 0.704 bits per heavy atom. The summed E-state index contributed by atoms with van der Waals surface area (Å²) in [5, 5.41) is 23.2. The van der Waals surface area contributed by atoms with Gasteiger partial charge in [-0.2, -0.15) is 0 Å². The Hall–Kier alpha value is -2.18. The van der Waals surface area contributed by atoms with E-state index in [-0.39, 0.29) is 18.5 Å². The monoisotopic (exact) mass is 996 g/mol. The molecule has 0 bridgehead atoms. The zero-order chi connectivity index (χ0) is 51.4. The average Bonchev–Trinajstić information content (AvgIpc) is 3.37. The maximum absolute atomic E-state index is 12.5. The third kappa shape index (κ3) is 57.0. The molecule has 0 aliphatic heterocycles. The summed E-state index contributed by atoms with van der Waals surface area (Å²) in [7, 11) is 0. The largest absolute Gasteiger partial charge is 0.466 e. The second-order valence-corrected chi connectivity index (χ2v) is 21.4. The van der Waals surface area contributed by atoms with E-state index in [0.29, 0.717) is 19.4 Å². The molecule has 0 heterocycles. The molecule has 1 amide bonds. The summed E-state index contributed by atoms with van der Waals surface area (Å²) in [6.07, 6.45) is 77.2. The highest BCUT2D eigenvalue weighted by Gasteiger charge is 2.18. The van der Waals surface area contributed by atoms with Crippen molar-refractivity contribution in [1.82, 2.24) is 5.32 Å². The van der Waals surface area contributed by atoms with Gasteiger partial charge >= 0.3 is 5.97 Å². The lowest BCUT2D eigenvalue weighted by Gasteiger charge is -2.20. The van der Waals surface area contributed by atoms with Crippen LogP contribution < -0.4 is 5.32 Å². The van der Waals surface area contributed by atoms with Gasteiger partial charge in [-0.25, -0.2) is 0 Å². The van der Waals surface area contributed by atoms with Gasteiger partial charge in [-0.1, -0.05) is 274 Å². The number of nitrogens with one attached hydrogen (secondary N) is 1. The minimum absolute atomic E-state index is 0.00487. The third-order valence-corrected chi connectivity index (χ3v) is 14.3. The first kappa shape index (κ1) is 68.8. The molecule has 2 atom stereocenters. The number of carbonyl (C=O) groups is 2. The molecular weight excluding hydrogens is 875 g/mol. The van der Waals surface area contributed by atoms with E-state index in [1.165, 1.54) is 244 Å². The van der Waals surface area contributed by atoms with E-state index in [2.05, 4.69) is 55.6 Å². The van der Waals surface area contributed by atoms with Crippen LogP contribution in [-0.4, -0.2) is 47.4 Å². The van der Waals surface area contributed by atoms with E-state index in [1.54, 1.807) is 6.08 Å². The Morgan fingerprint density at radius 1 is 0.394 bits per heavy atom. The number of unbranched alkanes of at least 4 members (excludes halogenated alkanes) is 41. The molecule has 0 aromatic rings. The SMILES string of the molecule is CCCCC/C=C\C/C=C\CCCCCCCC(=O)OCCCCCCCCCCCCC/C=C\CCCCCCCCCC(=O)NC(CO)C(O)/C=C/CCCCCCCCCCCCCCCCC. The van der Waals surface area contributed by atoms with Crippen molar-refractivity contribution in [2.75, 3.05) is 13.2 Å². The highest BCUT2D eigenvalue weighted by Crippen LogP contribution is 2.17. The maximum atomic E-state index is 12.5. The van der Waals surface area contributed by atoms with Gasteiger partial charge in [0.25, 0.3) is 0 Å². The summed E-state index contributed by atoms with van der Waals surface area (Å²) in [5.41, 5.74) is 0. The summed E-state index contributed by atoms with van der Waals surface area (Å²) in [5.74, 6) is -0.0789. The lowest BCUT2D eigenvalue weighted by atomic mass is 10.0. The van der Waals surface area contributed by atoms with Crippen molar-refractivity contribution >= 4 is 11.9 Å². The highest BCUT2D eigenvalue weighted by atomic mass is 16.5. The number of amides is 1. The number of hydrogen-bond donors (Lipinski definition) is 3. The van der Waals surface area contributed by atoms with E-state index >= 15 is 0 Å². The van der Waals surface area contributed by atoms with Crippen molar-refractivity contribution in [3.63, 3.8) is 0 Å². The van der Waals surface area contributed by atoms with Gasteiger partial charge in [0.15, 0.2) is 0 Å². The van der Waals surface area contributed by atoms with Crippen LogP contribution in [0.4, 0.5) is 0 Å². The summed E-state index contributed by atoms with van der Waals surface area (Å²) in [6.45, 7) is 4.88. The molecule has 0 fully saturated rings. The van der Waals surface area contributed by atoms with E-state index in [9.17, 15) is 19.8 Å². The summed E-state index contributed by atoms with van der Waals surface area (Å²) in [6, 6.07) is -0.634. The first-order chi connectivity index (χ1) is 35.0. The number of rotatable bonds is 58. The van der Waals surface area contributed by atoms with Gasteiger partial charge < -0.3 is 20.3 Å². The van der Waals surface area contributed by atoms with Gasteiger partial charge in [0.05, 0.1) is 25.4 Å². The van der Waals surface area contributed by atoms with E-state index in [0.717, 1.165) is 57.8 Å². The van der Waals surface area contributed by atoms with Crippen LogP contribution >= 0.6 is 0 Å². The fourth-order valence-electron chi connectivity index (χ4n) is 9.48. The molecule has 6 nitrogen and oxygen atoms in total. The Balaban J connectivity index is 3.45. The van der Waals surface area contributed by atoms with Crippen molar-refractivity contribution < 1.29 is 24.5 Å². The third-order valence-electron chi connectivity index (χ3n) is 14.3. The Kier molecular flexibility index (Phi) is 58.5. The standard InChI is InChI=1S/C65H121NO5/c1-3-5-7-9-11-13-15-17-19-26-30-33-37-41-45-49-53-57-63(68)62(61-67)66-64(69)58-54-50-46-42-38-34-31-27-24-22-20-21-23-25-28-32-36-40-44-48-52-56-60-71-65(70)59-55-51-47-43-39-35-29-18-16-14-12-10-8-6-4-2/h12,14,18,22,24,29,53,57,62-63,67-68H,3-11,13,15-17,19-21,23,25-28,30-52,54-56,58-61H2,1-2H3,(H,66,69)/b14-12-,24-22-,29-18-,57-53+. The van der Waals surface area contributed by atoms with Gasteiger partial charge in [-0.05, 0) is 89.9 Å². The molecule has 0 aromatic heterocycles. The van der Waals surface area contributed by atoms with Gasteiger partial charge in [0.1, 0.15) is 0 Å². The number of hydrogen-bond acceptors (Lipinski definition) is 5. The van der Waals surface area contributed by atoms with Gasteiger partial charge in [-0.3, -0.25) is 9.59 Å². The molecule has 0 aromatic carbocycles. The normalized spacial score (nSPS) is 12.9. The van der Waals surface area contributed by atoms with E-state index in [4.69, 9.17) is 4.74 Å². The predicted molar refractivity (Wildman–Crippen MR) is 310 cm³/mol. The number of aliphatic hydroxyl groups is 2. The van der Waals surface area contributed by atoms with Crippen LogP contribution in [0.15, 0.2) is 48.6 Å². The molecule has 0 radical (unpaired) electrons. The molecule has 6 heteroatoms. The molecule has 0 aliphatic rings. The Bertz CT molecular complexity index is 1190. The molecule has 0 rings (SSSR count). The van der Waals surface area contributed by atoms with Crippen molar-refractivity contribution in [3.05, 3.63) is 48.6 Å². The molecule has 0 saturated carbocycles. The van der Waals surface area contributed by atoms with Crippen molar-refractivity contribution in [1.29, 1.82) is 0 Å². The van der Waals surface area contributed by atoms with E-state index < -0.39 is 12.1 Å². The van der Waals surface area contributed by atoms with Crippen LogP contribution in [0.25, 0.3) is 0 Å². The van der Waals surface area contributed by atoms with E-state index in [1.807, 2.05) is 6.08 Å². The Morgan fingerprint density at radius 3 is 1.11 bits per heavy atom.